The molecule has 174 valence electrons. The van der Waals surface area contributed by atoms with Crippen LogP contribution in [0.15, 0.2) is 48.8 Å². The van der Waals surface area contributed by atoms with Gasteiger partial charge in [-0.2, -0.15) is 5.10 Å². The smallest absolute Gasteiger partial charge is 0.306 e. The first-order valence-corrected chi connectivity index (χ1v) is 11.4. The first-order chi connectivity index (χ1) is 15.7. The summed E-state index contributed by atoms with van der Waals surface area (Å²) in [6.45, 7) is 8.70. The van der Waals surface area contributed by atoms with E-state index in [9.17, 15) is 9.59 Å². The Morgan fingerprint density at radius 2 is 1.94 bits per heavy atom. The van der Waals surface area contributed by atoms with Crippen LogP contribution in [0.3, 0.4) is 0 Å². The van der Waals surface area contributed by atoms with Crippen LogP contribution in [0, 0.1) is 10.8 Å². The highest BCUT2D eigenvalue weighted by Crippen LogP contribution is 2.55. The third kappa shape index (κ3) is 4.08. The van der Waals surface area contributed by atoms with Crippen LogP contribution in [-0.4, -0.2) is 34.1 Å². The number of primary amides is 1. The topological polar surface area (TPSA) is 98.7 Å². The summed E-state index contributed by atoms with van der Waals surface area (Å²) in [6.07, 6.45) is 5.57. The molecular formula is C26H32N4O3. The summed E-state index contributed by atoms with van der Waals surface area (Å²) in [5, 5.41) is 8.06. The number of hydrogen-bond acceptors (Lipinski definition) is 5. The number of anilines is 1. The van der Waals surface area contributed by atoms with E-state index >= 15 is 0 Å². The Hall–Kier alpha value is -3.35. The molecule has 4 rings (SSSR count). The van der Waals surface area contributed by atoms with E-state index in [2.05, 4.69) is 31.2 Å². The number of hydrogen-bond donors (Lipinski definition) is 2. The summed E-state index contributed by atoms with van der Waals surface area (Å²) < 4.78 is 7.01. The van der Waals surface area contributed by atoms with Crippen molar-refractivity contribution < 1.29 is 14.3 Å². The fourth-order valence-electron chi connectivity index (χ4n) is 5.02. The molecule has 0 radical (unpaired) electrons. The second kappa shape index (κ2) is 8.54. The molecule has 2 heterocycles. The Bertz CT molecular complexity index is 1180. The average Bonchev–Trinajstić information content (AvgIpc) is 3.29. The van der Waals surface area contributed by atoms with Crippen LogP contribution in [0.25, 0.3) is 16.6 Å². The predicted octanol–water partition coefficient (Wildman–Crippen LogP) is 4.66. The molecule has 0 spiro atoms. The number of nitrogens with two attached hydrogens (primary N) is 1. The summed E-state index contributed by atoms with van der Waals surface area (Å²) in [6, 6.07) is 12.1. The third-order valence-electron chi connectivity index (χ3n) is 7.58. The monoisotopic (exact) mass is 448 g/mol. The van der Waals surface area contributed by atoms with Crippen LogP contribution < -0.4 is 11.1 Å². The number of benzene rings is 1. The van der Waals surface area contributed by atoms with E-state index in [1.807, 2.05) is 49.5 Å². The molecule has 0 bridgehead atoms. The van der Waals surface area contributed by atoms with Gasteiger partial charge >= 0.3 is 5.97 Å². The molecule has 1 amide bonds. The van der Waals surface area contributed by atoms with Crippen molar-refractivity contribution in [2.45, 2.75) is 53.0 Å². The Balaban J connectivity index is 1.72. The van der Waals surface area contributed by atoms with E-state index in [-0.39, 0.29) is 22.8 Å². The van der Waals surface area contributed by atoms with Gasteiger partial charge in [0.1, 0.15) is 0 Å². The van der Waals surface area contributed by atoms with Gasteiger partial charge in [0.25, 0.3) is 5.91 Å². The molecular weight excluding hydrogens is 416 g/mol. The molecule has 2 atom stereocenters. The molecule has 33 heavy (non-hydrogen) atoms. The van der Waals surface area contributed by atoms with Crippen molar-refractivity contribution >= 4 is 23.1 Å². The van der Waals surface area contributed by atoms with Gasteiger partial charge in [0.05, 0.1) is 36.0 Å². The van der Waals surface area contributed by atoms with Gasteiger partial charge in [-0.3, -0.25) is 9.59 Å². The lowest BCUT2D eigenvalue weighted by atomic mass is 9.66. The summed E-state index contributed by atoms with van der Waals surface area (Å²) in [5.41, 5.74) is 9.16. The summed E-state index contributed by atoms with van der Waals surface area (Å²) in [7, 11) is 0. The highest BCUT2D eigenvalue weighted by atomic mass is 16.5. The van der Waals surface area contributed by atoms with Crippen LogP contribution in [0.1, 0.15) is 57.3 Å². The van der Waals surface area contributed by atoms with Crippen molar-refractivity contribution in [2.75, 3.05) is 11.9 Å². The van der Waals surface area contributed by atoms with E-state index < -0.39 is 5.91 Å². The number of nitrogens with zero attached hydrogens (tertiary/aromatic N) is 2. The van der Waals surface area contributed by atoms with Gasteiger partial charge in [-0.15, -0.1) is 0 Å². The summed E-state index contributed by atoms with van der Waals surface area (Å²) in [4.78, 5) is 24.6. The molecule has 7 heteroatoms. The fourth-order valence-corrected chi connectivity index (χ4v) is 5.02. The molecule has 1 aromatic carbocycles. The third-order valence-corrected chi connectivity index (χ3v) is 7.58. The van der Waals surface area contributed by atoms with Crippen LogP contribution in [0.4, 0.5) is 5.69 Å². The maximum atomic E-state index is 12.3. The largest absolute Gasteiger partial charge is 0.466 e. The molecule has 1 saturated carbocycles. The summed E-state index contributed by atoms with van der Waals surface area (Å²) >= 11 is 0. The van der Waals surface area contributed by atoms with Gasteiger partial charge < -0.3 is 15.8 Å². The van der Waals surface area contributed by atoms with E-state index in [0.29, 0.717) is 24.3 Å². The minimum absolute atomic E-state index is 0.0382. The molecule has 7 nitrogen and oxygen atoms in total. The number of nitrogens with one attached hydrogen (secondary N) is 1. The van der Waals surface area contributed by atoms with Gasteiger partial charge in [-0.1, -0.05) is 51.1 Å². The Labute approximate surface area is 194 Å². The number of carbonyl (C=O) groups excluding carboxylic acids is 2. The molecule has 0 unspecified atom stereocenters. The number of ether oxygens (including phenoxy) is 1. The zero-order valence-corrected chi connectivity index (χ0v) is 19.7. The number of fused-ring (bicyclic) bond motifs is 1. The number of amides is 1. The second-order valence-corrected chi connectivity index (χ2v) is 9.72. The molecule has 2 aromatic heterocycles. The molecule has 3 N–H and O–H groups in total. The average molecular weight is 449 g/mol. The highest BCUT2D eigenvalue weighted by molar-refractivity contribution is 6.02. The van der Waals surface area contributed by atoms with Crippen molar-refractivity contribution in [1.29, 1.82) is 0 Å². The first kappa shape index (κ1) is 22.8. The number of carbonyl (C=O) groups is 2. The van der Waals surface area contributed by atoms with E-state index in [4.69, 9.17) is 10.5 Å². The van der Waals surface area contributed by atoms with Crippen LogP contribution >= 0.6 is 0 Å². The maximum Gasteiger partial charge on any atom is 0.306 e. The van der Waals surface area contributed by atoms with Crippen molar-refractivity contribution in [2.24, 2.45) is 16.6 Å². The van der Waals surface area contributed by atoms with E-state index in [1.54, 1.807) is 4.52 Å². The van der Waals surface area contributed by atoms with Crippen molar-refractivity contribution in [3.63, 3.8) is 0 Å². The predicted molar refractivity (Wildman–Crippen MR) is 129 cm³/mol. The minimum Gasteiger partial charge on any atom is -0.466 e. The zero-order valence-electron chi connectivity index (χ0n) is 19.7. The standard InChI is InChI=1S/C26H32N4O3/c1-5-33-22(31)14-26(4)12-11-21(25(26,2)3)29-23-19(24(27)32)15-28-30-16-18(13-20(23)30)17-9-7-6-8-10-17/h6-10,13,15-16,21,29H,5,11-12,14H2,1-4H3,(H2,27,32)/t21-,26-/m1/s1. The molecule has 1 aliphatic carbocycles. The van der Waals surface area contributed by atoms with Crippen molar-refractivity contribution in [1.82, 2.24) is 9.61 Å². The van der Waals surface area contributed by atoms with Crippen LogP contribution in [-0.2, 0) is 9.53 Å². The van der Waals surface area contributed by atoms with Crippen molar-refractivity contribution in [3.05, 3.63) is 54.4 Å². The quantitative estimate of drug-likeness (QED) is 0.512. The Kier molecular flexibility index (Phi) is 5.91. The normalized spacial score (nSPS) is 21.8. The van der Waals surface area contributed by atoms with Gasteiger partial charge in [-0.05, 0) is 42.2 Å². The number of rotatable bonds is 7. The van der Waals surface area contributed by atoms with Gasteiger partial charge in [0, 0.05) is 17.8 Å². The maximum absolute atomic E-state index is 12.3. The molecule has 0 saturated heterocycles. The van der Waals surface area contributed by atoms with E-state index in [1.165, 1.54) is 6.20 Å². The Morgan fingerprint density at radius 1 is 1.21 bits per heavy atom. The summed E-state index contributed by atoms with van der Waals surface area (Å²) in [5.74, 6) is -0.697. The molecule has 1 fully saturated rings. The van der Waals surface area contributed by atoms with Crippen molar-refractivity contribution in [3.8, 4) is 11.1 Å². The van der Waals surface area contributed by atoms with Gasteiger partial charge in [-0.25, -0.2) is 4.52 Å². The fraction of sp³-hybridized carbons (Fsp3) is 0.423. The Morgan fingerprint density at radius 3 is 2.61 bits per heavy atom. The second-order valence-electron chi connectivity index (χ2n) is 9.72. The molecule has 3 aromatic rings. The van der Waals surface area contributed by atoms with E-state index in [0.717, 1.165) is 29.5 Å². The van der Waals surface area contributed by atoms with Crippen LogP contribution in [0.2, 0.25) is 0 Å². The van der Waals surface area contributed by atoms with Gasteiger partial charge in [0.2, 0.25) is 0 Å². The highest BCUT2D eigenvalue weighted by Gasteiger charge is 2.52. The lowest BCUT2D eigenvalue weighted by Crippen LogP contribution is -2.42. The zero-order chi connectivity index (χ0) is 23.8. The SMILES string of the molecule is CCOC(=O)C[C@@]1(C)CC[C@@H](Nc2c(C(N)=O)cnn3cc(-c4ccccc4)cc23)C1(C)C. The number of esters is 1. The number of aromatic nitrogens is 2. The molecule has 1 aliphatic rings. The first-order valence-electron chi connectivity index (χ1n) is 11.4. The van der Waals surface area contributed by atoms with Crippen LogP contribution in [0.5, 0.6) is 0 Å². The lowest BCUT2D eigenvalue weighted by Gasteiger charge is -2.41. The van der Waals surface area contributed by atoms with Gasteiger partial charge in [0.15, 0.2) is 0 Å². The minimum atomic E-state index is -0.528. The molecule has 0 aliphatic heterocycles. The lowest BCUT2D eigenvalue weighted by molar-refractivity contribution is -0.147.